The van der Waals surface area contributed by atoms with Crippen molar-refractivity contribution >= 4 is 11.8 Å². The summed E-state index contributed by atoms with van der Waals surface area (Å²) < 4.78 is 0. The van der Waals surface area contributed by atoms with Gasteiger partial charge in [0.05, 0.1) is 6.10 Å². The Labute approximate surface area is 191 Å². The second kappa shape index (κ2) is 8.12. The van der Waals surface area contributed by atoms with Crippen molar-refractivity contribution in [2.24, 2.45) is 39.9 Å². The van der Waals surface area contributed by atoms with Gasteiger partial charge in [0, 0.05) is 5.25 Å². The number of hydrogen-bond donors (Lipinski definition) is 1. The van der Waals surface area contributed by atoms with Crippen molar-refractivity contribution in [3.8, 4) is 0 Å². The van der Waals surface area contributed by atoms with Gasteiger partial charge < -0.3 is 5.11 Å². The highest BCUT2D eigenvalue weighted by molar-refractivity contribution is 8.00. The summed E-state index contributed by atoms with van der Waals surface area (Å²) in [6.45, 7) is 17.2. The number of fused-ring (bicyclic) bond motifs is 4. The molecule has 4 rings (SSSR count). The average molecular weight is 433 g/mol. The van der Waals surface area contributed by atoms with Gasteiger partial charge in [-0.1, -0.05) is 78.9 Å². The molecule has 0 aromatic rings. The second-order valence-electron chi connectivity index (χ2n) is 13.0. The lowest BCUT2D eigenvalue weighted by molar-refractivity contribution is -0.0916. The van der Waals surface area contributed by atoms with Crippen molar-refractivity contribution in [3.05, 3.63) is 11.1 Å². The molecule has 0 spiro atoms. The van der Waals surface area contributed by atoms with Gasteiger partial charge in [-0.05, 0) is 84.2 Å². The van der Waals surface area contributed by atoms with Gasteiger partial charge in [-0.2, -0.15) is 11.8 Å². The van der Waals surface area contributed by atoms with E-state index in [9.17, 15) is 5.11 Å². The SMILES string of the molecule is CC(C)CCC[C@@H](C)[C@H]1CS[C@H]2C3=C(CC[C@]12C)[C@@]1(C)CC[C@H](O)C(C)(C)[C@@H]1CC3. The first kappa shape index (κ1) is 23.2. The molecule has 1 saturated carbocycles. The molecule has 0 aromatic heterocycles. The quantitative estimate of drug-likeness (QED) is 0.446. The summed E-state index contributed by atoms with van der Waals surface area (Å²) in [5.41, 5.74) is 4.62. The topological polar surface area (TPSA) is 20.2 Å². The van der Waals surface area contributed by atoms with Crippen molar-refractivity contribution in [1.29, 1.82) is 0 Å². The molecule has 0 bridgehead atoms. The fraction of sp³-hybridized carbons (Fsp3) is 0.929. The average Bonchev–Trinajstić information content (AvgIpc) is 3.02. The van der Waals surface area contributed by atoms with E-state index in [0.717, 1.165) is 29.4 Å². The van der Waals surface area contributed by atoms with E-state index in [1.165, 1.54) is 57.1 Å². The van der Waals surface area contributed by atoms with E-state index in [-0.39, 0.29) is 11.5 Å². The van der Waals surface area contributed by atoms with Crippen molar-refractivity contribution in [2.45, 2.75) is 118 Å². The predicted molar refractivity (Wildman–Crippen MR) is 132 cm³/mol. The Morgan fingerprint density at radius 1 is 1.00 bits per heavy atom. The van der Waals surface area contributed by atoms with Gasteiger partial charge in [-0.3, -0.25) is 0 Å². The Morgan fingerprint density at radius 3 is 2.43 bits per heavy atom. The molecule has 4 aliphatic rings. The third-order valence-corrected chi connectivity index (χ3v) is 12.2. The van der Waals surface area contributed by atoms with E-state index in [1.54, 1.807) is 0 Å². The minimum absolute atomic E-state index is 0.0581. The van der Waals surface area contributed by atoms with Crippen molar-refractivity contribution in [1.82, 2.24) is 0 Å². The zero-order valence-corrected chi connectivity index (χ0v) is 21.7. The van der Waals surface area contributed by atoms with Gasteiger partial charge in [0.2, 0.25) is 0 Å². The van der Waals surface area contributed by atoms with Crippen LogP contribution < -0.4 is 0 Å². The molecule has 1 N–H and O–H groups in total. The second-order valence-corrected chi connectivity index (χ2v) is 14.2. The number of hydrogen-bond acceptors (Lipinski definition) is 2. The molecule has 0 amide bonds. The minimum Gasteiger partial charge on any atom is -0.393 e. The van der Waals surface area contributed by atoms with Gasteiger partial charge in [-0.25, -0.2) is 0 Å². The van der Waals surface area contributed by atoms with Crippen LogP contribution in [0.4, 0.5) is 0 Å². The van der Waals surface area contributed by atoms with Crippen LogP contribution in [0.15, 0.2) is 11.1 Å². The van der Waals surface area contributed by atoms with Gasteiger partial charge in [0.1, 0.15) is 0 Å². The Bertz CT molecular complexity index is 678. The lowest BCUT2D eigenvalue weighted by atomic mass is 9.46. The molecule has 0 unspecified atom stereocenters. The van der Waals surface area contributed by atoms with Crippen LogP contribution in [0.2, 0.25) is 0 Å². The normalized spacial score (nSPS) is 43.9. The highest BCUT2D eigenvalue weighted by Crippen LogP contribution is 2.67. The summed E-state index contributed by atoms with van der Waals surface area (Å²) in [6, 6.07) is 0. The zero-order valence-electron chi connectivity index (χ0n) is 20.9. The van der Waals surface area contributed by atoms with Crippen LogP contribution in [0.5, 0.6) is 0 Å². The monoisotopic (exact) mass is 432 g/mol. The molecule has 7 atom stereocenters. The van der Waals surface area contributed by atoms with Gasteiger partial charge >= 0.3 is 0 Å². The number of allylic oxidation sites excluding steroid dienone is 1. The third kappa shape index (κ3) is 3.55. The van der Waals surface area contributed by atoms with E-state index >= 15 is 0 Å². The number of aliphatic hydroxyl groups is 1. The standard InChI is InChI=1S/C28H48OS/c1-18(2)9-8-10-19(3)22-17-30-25-20-11-12-23-26(4,5)24(29)14-16-27(23,6)21(20)13-15-28(22,25)7/h18-19,22-25,29H,8-17H2,1-7H3/t19-,22-,23+,24+,25+,27-,28-/m1/s1. The molecule has 2 heteroatoms. The van der Waals surface area contributed by atoms with E-state index in [0.29, 0.717) is 16.7 Å². The lowest BCUT2D eigenvalue weighted by Crippen LogP contribution is -2.54. The largest absolute Gasteiger partial charge is 0.393 e. The Kier molecular flexibility index (Phi) is 6.29. The maximum absolute atomic E-state index is 10.8. The fourth-order valence-electron chi connectivity index (χ4n) is 8.49. The van der Waals surface area contributed by atoms with Crippen LogP contribution in [-0.2, 0) is 0 Å². The number of rotatable bonds is 5. The third-order valence-electron chi connectivity index (χ3n) is 10.5. The molecule has 0 radical (unpaired) electrons. The summed E-state index contributed by atoms with van der Waals surface area (Å²) in [7, 11) is 0. The molecule has 30 heavy (non-hydrogen) atoms. The van der Waals surface area contributed by atoms with E-state index in [1.807, 2.05) is 11.1 Å². The first-order chi connectivity index (χ1) is 14.0. The van der Waals surface area contributed by atoms with Crippen LogP contribution in [0, 0.1) is 39.9 Å². The molecule has 0 aromatic carbocycles. The number of thioether (sulfide) groups is 1. The maximum Gasteiger partial charge on any atom is 0.0594 e. The van der Waals surface area contributed by atoms with Gasteiger partial charge in [-0.15, -0.1) is 0 Å². The smallest absolute Gasteiger partial charge is 0.0594 e. The molecule has 2 fully saturated rings. The molecular formula is C28H48OS. The maximum atomic E-state index is 10.8. The van der Waals surface area contributed by atoms with Crippen molar-refractivity contribution in [2.75, 3.05) is 5.75 Å². The van der Waals surface area contributed by atoms with Crippen LogP contribution in [0.25, 0.3) is 0 Å². The fourth-order valence-corrected chi connectivity index (χ4v) is 10.7. The summed E-state index contributed by atoms with van der Waals surface area (Å²) in [5, 5.41) is 11.5. The van der Waals surface area contributed by atoms with Gasteiger partial charge in [0.25, 0.3) is 0 Å². The van der Waals surface area contributed by atoms with Crippen LogP contribution in [0.3, 0.4) is 0 Å². The van der Waals surface area contributed by atoms with Crippen LogP contribution >= 0.6 is 11.8 Å². The number of aliphatic hydroxyl groups excluding tert-OH is 1. The molecule has 1 saturated heterocycles. The van der Waals surface area contributed by atoms with Crippen molar-refractivity contribution in [3.63, 3.8) is 0 Å². The molecule has 3 aliphatic carbocycles. The first-order valence-corrected chi connectivity index (χ1v) is 14.1. The summed E-state index contributed by atoms with van der Waals surface area (Å²) in [6.07, 6.45) is 11.6. The first-order valence-electron chi connectivity index (χ1n) is 13.0. The predicted octanol–water partition coefficient (Wildman–Crippen LogP) is 7.87. The van der Waals surface area contributed by atoms with Crippen molar-refractivity contribution < 1.29 is 5.11 Å². The summed E-state index contributed by atoms with van der Waals surface area (Å²) in [4.78, 5) is 0. The molecule has 1 heterocycles. The Balaban J connectivity index is 1.57. The molecular weight excluding hydrogens is 384 g/mol. The molecule has 1 nitrogen and oxygen atoms in total. The summed E-state index contributed by atoms with van der Waals surface area (Å²) in [5.74, 6) is 4.63. The van der Waals surface area contributed by atoms with Crippen LogP contribution in [0.1, 0.15) is 106 Å². The zero-order chi connectivity index (χ0) is 21.9. The van der Waals surface area contributed by atoms with Gasteiger partial charge in [0.15, 0.2) is 0 Å². The van der Waals surface area contributed by atoms with E-state index in [4.69, 9.17) is 0 Å². The van der Waals surface area contributed by atoms with E-state index in [2.05, 4.69) is 60.2 Å². The Hall–Kier alpha value is 0.0500. The lowest BCUT2D eigenvalue weighted by Gasteiger charge is -2.59. The Morgan fingerprint density at radius 2 is 1.73 bits per heavy atom. The van der Waals surface area contributed by atoms with Crippen LogP contribution in [-0.4, -0.2) is 22.2 Å². The minimum atomic E-state index is -0.122. The van der Waals surface area contributed by atoms with E-state index < -0.39 is 0 Å². The molecule has 172 valence electrons. The summed E-state index contributed by atoms with van der Waals surface area (Å²) >= 11 is 2.32. The highest BCUT2D eigenvalue weighted by atomic mass is 32.2. The highest BCUT2D eigenvalue weighted by Gasteiger charge is 2.59. The molecule has 1 aliphatic heterocycles.